The number of carbonyl (C=O) groups is 1. The first-order valence-electron chi connectivity index (χ1n) is 7.90. The summed E-state index contributed by atoms with van der Waals surface area (Å²) >= 11 is 0. The van der Waals surface area contributed by atoms with E-state index in [1.807, 2.05) is 21.0 Å². The van der Waals surface area contributed by atoms with E-state index in [-0.39, 0.29) is 12.1 Å². The van der Waals surface area contributed by atoms with Crippen molar-refractivity contribution in [1.82, 2.24) is 4.90 Å². The third kappa shape index (κ3) is 13.7. The van der Waals surface area contributed by atoms with Gasteiger partial charge in [-0.1, -0.05) is 39.0 Å². The van der Waals surface area contributed by atoms with Gasteiger partial charge in [-0.05, 0) is 46.8 Å². The first kappa shape index (κ1) is 18.4. The van der Waals surface area contributed by atoms with E-state index in [0.29, 0.717) is 6.42 Å². The molecule has 3 nitrogen and oxygen atoms in total. The highest BCUT2D eigenvalue weighted by atomic mass is 16.5. The molecule has 0 spiro atoms. The lowest BCUT2D eigenvalue weighted by Gasteiger charge is -2.14. The van der Waals surface area contributed by atoms with Crippen LogP contribution in [0.25, 0.3) is 0 Å². The number of rotatable bonds is 12. The number of unbranched alkanes of at least 4 members (excludes halogenated alkanes) is 5. The van der Waals surface area contributed by atoms with E-state index >= 15 is 0 Å². The molecular formula is C16H33NO2. The van der Waals surface area contributed by atoms with E-state index in [1.54, 1.807) is 0 Å². The van der Waals surface area contributed by atoms with Crippen molar-refractivity contribution >= 4 is 5.97 Å². The average molecular weight is 271 g/mol. The number of hydrogen-bond acceptors (Lipinski definition) is 3. The summed E-state index contributed by atoms with van der Waals surface area (Å²) in [5, 5.41) is 0. The van der Waals surface area contributed by atoms with Crippen molar-refractivity contribution < 1.29 is 9.53 Å². The van der Waals surface area contributed by atoms with Crippen molar-refractivity contribution in [3.05, 3.63) is 0 Å². The van der Waals surface area contributed by atoms with Crippen molar-refractivity contribution in [1.29, 1.82) is 0 Å². The normalized spacial score (nSPS) is 12.7. The highest BCUT2D eigenvalue weighted by molar-refractivity contribution is 5.69. The lowest BCUT2D eigenvalue weighted by molar-refractivity contribution is -0.148. The zero-order valence-corrected chi connectivity index (χ0v) is 13.4. The fraction of sp³-hybridized carbons (Fsp3) is 0.938. The fourth-order valence-corrected chi connectivity index (χ4v) is 2.09. The van der Waals surface area contributed by atoms with Crippen LogP contribution in [0.4, 0.5) is 0 Å². The first-order valence-corrected chi connectivity index (χ1v) is 7.90. The molecule has 0 saturated heterocycles. The van der Waals surface area contributed by atoms with E-state index < -0.39 is 0 Å². The quantitative estimate of drug-likeness (QED) is 0.397. The van der Waals surface area contributed by atoms with Gasteiger partial charge in [0.1, 0.15) is 0 Å². The number of carbonyl (C=O) groups excluding carboxylic acids is 1. The van der Waals surface area contributed by atoms with Crippen LogP contribution in [0.15, 0.2) is 0 Å². The van der Waals surface area contributed by atoms with Gasteiger partial charge in [-0.2, -0.15) is 0 Å². The van der Waals surface area contributed by atoms with Gasteiger partial charge in [-0.15, -0.1) is 0 Å². The predicted molar refractivity (Wildman–Crippen MR) is 81.3 cm³/mol. The Morgan fingerprint density at radius 3 is 2.32 bits per heavy atom. The third-order valence-electron chi connectivity index (χ3n) is 3.28. The minimum Gasteiger partial charge on any atom is -0.463 e. The van der Waals surface area contributed by atoms with Crippen LogP contribution in [0, 0.1) is 0 Å². The van der Waals surface area contributed by atoms with Crippen molar-refractivity contribution in [2.45, 2.75) is 77.7 Å². The molecule has 0 heterocycles. The molecule has 19 heavy (non-hydrogen) atoms. The highest BCUT2D eigenvalue weighted by Gasteiger charge is 2.09. The van der Waals surface area contributed by atoms with Gasteiger partial charge in [0, 0.05) is 6.42 Å². The summed E-state index contributed by atoms with van der Waals surface area (Å²) in [7, 11) is 4.04. The van der Waals surface area contributed by atoms with Gasteiger partial charge >= 0.3 is 5.97 Å². The Labute approximate surface area is 119 Å². The number of esters is 1. The van der Waals surface area contributed by atoms with Crippen LogP contribution >= 0.6 is 0 Å². The molecule has 114 valence electrons. The first-order chi connectivity index (χ1) is 9.06. The molecule has 0 amide bonds. The molecule has 3 heteroatoms. The Morgan fingerprint density at radius 1 is 1.05 bits per heavy atom. The Kier molecular flexibility index (Phi) is 12.1. The van der Waals surface area contributed by atoms with Gasteiger partial charge in [-0.3, -0.25) is 4.79 Å². The minimum absolute atomic E-state index is 0.0414. The van der Waals surface area contributed by atoms with Crippen LogP contribution in [0.5, 0.6) is 0 Å². The summed E-state index contributed by atoms with van der Waals surface area (Å²) in [6, 6.07) is 0. The van der Waals surface area contributed by atoms with Crippen molar-refractivity contribution in [2.24, 2.45) is 0 Å². The van der Waals surface area contributed by atoms with Crippen molar-refractivity contribution in [2.75, 3.05) is 20.6 Å². The standard InChI is InChI=1S/C16H33NO2/c1-5-6-7-8-9-10-12-15(2)19-16(18)13-11-14-17(3)4/h15H,5-14H2,1-4H3. The predicted octanol–water partition coefficient (Wildman–Crippen LogP) is 4.01. The van der Waals surface area contributed by atoms with Gasteiger partial charge in [0.15, 0.2) is 0 Å². The van der Waals surface area contributed by atoms with Crippen LogP contribution < -0.4 is 0 Å². The molecule has 0 aliphatic rings. The Hall–Kier alpha value is -0.570. The molecule has 1 unspecified atom stereocenters. The molecular weight excluding hydrogens is 238 g/mol. The summed E-state index contributed by atoms with van der Waals surface area (Å²) in [5.74, 6) is -0.0414. The third-order valence-corrected chi connectivity index (χ3v) is 3.28. The fourth-order valence-electron chi connectivity index (χ4n) is 2.09. The summed E-state index contributed by atoms with van der Waals surface area (Å²) < 4.78 is 5.40. The topological polar surface area (TPSA) is 29.5 Å². The largest absolute Gasteiger partial charge is 0.463 e. The molecule has 0 aliphatic heterocycles. The molecule has 1 atom stereocenters. The number of hydrogen-bond donors (Lipinski definition) is 0. The van der Waals surface area contributed by atoms with E-state index in [4.69, 9.17) is 4.74 Å². The minimum atomic E-state index is -0.0414. The Balaban J connectivity index is 3.41. The maximum atomic E-state index is 11.6. The maximum Gasteiger partial charge on any atom is 0.306 e. The molecule has 0 bridgehead atoms. The summed E-state index contributed by atoms with van der Waals surface area (Å²) in [6.07, 6.45) is 10.3. The monoisotopic (exact) mass is 271 g/mol. The van der Waals surface area contributed by atoms with Crippen LogP contribution in [0.3, 0.4) is 0 Å². The molecule has 0 N–H and O–H groups in total. The second-order valence-electron chi connectivity index (χ2n) is 5.76. The van der Waals surface area contributed by atoms with Crippen molar-refractivity contribution in [3.63, 3.8) is 0 Å². The van der Waals surface area contributed by atoms with Crippen molar-refractivity contribution in [3.8, 4) is 0 Å². The SMILES string of the molecule is CCCCCCCCC(C)OC(=O)CCCN(C)C. The highest BCUT2D eigenvalue weighted by Crippen LogP contribution is 2.11. The molecule has 0 radical (unpaired) electrons. The summed E-state index contributed by atoms with van der Waals surface area (Å²) in [6.45, 7) is 5.19. The Morgan fingerprint density at radius 2 is 1.68 bits per heavy atom. The lowest BCUT2D eigenvalue weighted by atomic mass is 10.1. The van der Waals surface area contributed by atoms with Gasteiger partial charge < -0.3 is 9.64 Å². The zero-order chi connectivity index (χ0) is 14.5. The average Bonchev–Trinajstić information content (AvgIpc) is 2.33. The van der Waals surface area contributed by atoms with E-state index in [9.17, 15) is 4.79 Å². The Bertz CT molecular complexity index is 217. The van der Waals surface area contributed by atoms with Crippen LogP contribution in [-0.2, 0) is 9.53 Å². The van der Waals surface area contributed by atoms with E-state index in [2.05, 4.69) is 11.8 Å². The molecule has 0 aromatic carbocycles. The molecule has 0 aliphatic carbocycles. The molecule has 0 aromatic rings. The number of nitrogens with zero attached hydrogens (tertiary/aromatic N) is 1. The van der Waals surface area contributed by atoms with Gasteiger partial charge in [0.05, 0.1) is 6.10 Å². The zero-order valence-electron chi connectivity index (χ0n) is 13.4. The second kappa shape index (κ2) is 12.5. The lowest BCUT2D eigenvalue weighted by Crippen LogP contribution is -2.18. The van der Waals surface area contributed by atoms with E-state index in [0.717, 1.165) is 19.4 Å². The molecule has 0 saturated carbocycles. The van der Waals surface area contributed by atoms with Gasteiger partial charge in [-0.25, -0.2) is 0 Å². The number of ether oxygens (including phenoxy) is 1. The van der Waals surface area contributed by atoms with Crippen LogP contribution in [0.2, 0.25) is 0 Å². The molecule has 0 fully saturated rings. The maximum absolute atomic E-state index is 11.6. The second-order valence-corrected chi connectivity index (χ2v) is 5.76. The van der Waals surface area contributed by atoms with Crippen LogP contribution in [0.1, 0.15) is 71.6 Å². The summed E-state index contributed by atoms with van der Waals surface area (Å²) in [5.41, 5.74) is 0. The molecule has 0 rings (SSSR count). The van der Waals surface area contributed by atoms with Gasteiger partial charge in [0.25, 0.3) is 0 Å². The smallest absolute Gasteiger partial charge is 0.306 e. The van der Waals surface area contributed by atoms with Crippen LogP contribution in [-0.4, -0.2) is 37.6 Å². The summed E-state index contributed by atoms with van der Waals surface area (Å²) in [4.78, 5) is 13.7. The molecule has 0 aromatic heterocycles. The van der Waals surface area contributed by atoms with E-state index in [1.165, 1.54) is 38.5 Å². The van der Waals surface area contributed by atoms with Gasteiger partial charge in [0.2, 0.25) is 0 Å².